The van der Waals surface area contributed by atoms with Crippen LogP contribution in [0.15, 0.2) is 23.0 Å². The maximum Gasteiger partial charge on any atom is 0.260 e. The van der Waals surface area contributed by atoms with Gasteiger partial charge in [0.05, 0.1) is 12.0 Å². The molecule has 23 heavy (non-hydrogen) atoms. The number of aromatic nitrogens is 2. The van der Waals surface area contributed by atoms with Crippen molar-refractivity contribution in [3.8, 4) is 22.9 Å². The summed E-state index contributed by atoms with van der Waals surface area (Å²) in [6.07, 6.45) is 0.809. The van der Waals surface area contributed by atoms with Crippen LogP contribution in [0.5, 0.6) is 11.5 Å². The summed E-state index contributed by atoms with van der Waals surface area (Å²) < 4.78 is 5.39. The molecule has 0 radical (unpaired) electrons. The number of ether oxygens (including phenoxy) is 1. The fourth-order valence-corrected chi connectivity index (χ4v) is 3.78. The van der Waals surface area contributed by atoms with Crippen LogP contribution in [0.3, 0.4) is 0 Å². The van der Waals surface area contributed by atoms with Gasteiger partial charge in [0, 0.05) is 10.4 Å². The standard InChI is InChI=1S/C17H18N2O3S/c1-4-11-9(3)23-17-14(11)16(21)18-15(19-17)10-6-7-12(20)13(8-10)22-5-2/h6-8,20H,4-5H2,1-3H3,(H,18,19,21). The number of H-pyrrole nitrogens is 1. The Balaban J connectivity index is 2.18. The lowest BCUT2D eigenvalue weighted by atomic mass is 10.1. The number of rotatable bonds is 4. The van der Waals surface area contributed by atoms with Crippen molar-refractivity contribution in [1.82, 2.24) is 9.97 Å². The molecule has 2 aromatic heterocycles. The van der Waals surface area contributed by atoms with Crippen LogP contribution in [0.25, 0.3) is 21.6 Å². The van der Waals surface area contributed by atoms with Crippen molar-refractivity contribution < 1.29 is 9.84 Å². The molecular formula is C17H18N2O3S. The number of aromatic hydroxyl groups is 1. The smallest absolute Gasteiger partial charge is 0.260 e. The average molecular weight is 330 g/mol. The Morgan fingerprint density at radius 3 is 2.83 bits per heavy atom. The van der Waals surface area contributed by atoms with E-state index in [0.29, 0.717) is 29.1 Å². The summed E-state index contributed by atoms with van der Waals surface area (Å²) in [6, 6.07) is 4.94. The van der Waals surface area contributed by atoms with Crippen LogP contribution in [-0.4, -0.2) is 21.7 Å². The van der Waals surface area contributed by atoms with Gasteiger partial charge in [0.15, 0.2) is 11.5 Å². The lowest BCUT2D eigenvalue weighted by Crippen LogP contribution is -2.09. The van der Waals surface area contributed by atoms with Crippen molar-refractivity contribution in [3.05, 3.63) is 39.0 Å². The van der Waals surface area contributed by atoms with Crippen LogP contribution in [0.1, 0.15) is 24.3 Å². The molecule has 0 amide bonds. The SMILES string of the molecule is CCOc1cc(-c2nc3sc(C)c(CC)c3c(=O)[nH]2)ccc1O. The number of hydrogen-bond donors (Lipinski definition) is 2. The number of aryl methyl sites for hydroxylation is 2. The number of nitrogens with zero attached hydrogens (tertiary/aromatic N) is 1. The highest BCUT2D eigenvalue weighted by molar-refractivity contribution is 7.18. The zero-order valence-corrected chi connectivity index (χ0v) is 14.1. The summed E-state index contributed by atoms with van der Waals surface area (Å²) in [4.78, 5) is 21.8. The van der Waals surface area contributed by atoms with Crippen LogP contribution in [0.4, 0.5) is 0 Å². The molecule has 0 atom stereocenters. The van der Waals surface area contributed by atoms with Crippen molar-refractivity contribution in [2.24, 2.45) is 0 Å². The topological polar surface area (TPSA) is 75.2 Å². The van der Waals surface area contributed by atoms with Crippen molar-refractivity contribution in [2.75, 3.05) is 6.61 Å². The van der Waals surface area contributed by atoms with Crippen LogP contribution in [0.2, 0.25) is 0 Å². The molecule has 2 heterocycles. The minimum atomic E-state index is -0.128. The molecule has 0 unspecified atom stereocenters. The number of benzene rings is 1. The number of phenols is 1. The number of nitrogens with one attached hydrogen (secondary N) is 1. The molecule has 3 rings (SSSR count). The molecule has 0 aliphatic rings. The van der Waals surface area contributed by atoms with Gasteiger partial charge in [0.25, 0.3) is 5.56 Å². The van der Waals surface area contributed by atoms with Crippen LogP contribution in [0, 0.1) is 6.92 Å². The summed E-state index contributed by atoms with van der Waals surface area (Å²) in [7, 11) is 0. The first-order chi connectivity index (χ1) is 11.0. The highest BCUT2D eigenvalue weighted by Crippen LogP contribution is 2.32. The largest absolute Gasteiger partial charge is 0.504 e. The van der Waals surface area contributed by atoms with E-state index in [4.69, 9.17) is 4.74 Å². The minimum absolute atomic E-state index is 0.0688. The van der Waals surface area contributed by atoms with Gasteiger partial charge in [-0.3, -0.25) is 4.79 Å². The first kappa shape index (κ1) is 15.6. The van der Waals surface area contributed by atoms with Gasteiger partial charge in [0.1, 0.15) is 10.7 Å². The van der Waals surface area contributed by atoms with Crippen molar-refractivity contribution in [1.29, 1.82) is 0 Å². The molecule has 120 valence electrons. The highest BCUT2D eigenvalue weighted by Gasteiger charge is 2.15. The Hall–Kier alpha value is -2.34. The average Bonchev–Trinajstić information content (AvgIpc) is 2.85. The fraction of sp³-hybridized carbons (Fsp3) is 0.294. The molecule has 0 aliphatic carbocycles. The summed E-state index contributed by atoms with van der Waals surface area (Å²) in [5.41, 5.74) is 1.64. The zero-order valence-electron chi connectivity index (χ0n) is 13.3. The first-order valence-corrected chi connectivity index (χ1v) is 8.35. The maximum atomic E-state index is 12.5. The van der Waals surface area contributed by atoms with E-state index in [1.54, 1.807) is 18.2 Å². The molecule has 0 saturated heterocycles. The molecule has 2 N–H and O–H groups in total. The van der Waals surface area contributed by atoms with Gasteiger partial charge in [-0.1, -0.05) is 6.92 Å². The molecule has 0 saturated carbocycles. The van der Waals surface area contributed by atoms with Crippen molar-refractivity contribution in [3.63, 3.8) is 0 Å². The quantitative estimate of drug-likeness (QED) is 0.766. The maximum absolute atomic E-state index is 12.5. The molecule has 5 nitrogen and oxygen atoms in total. The van der Waals surface area contributed by atoms with Gasteiger partial charge in [0.2, 0.25) is 0 Å². The Morgan fingerprint density at radius 1 is 1.35 bits per heavy atom. The van der Waals surface area contributed by atoms with E-state index in [0.717, 1.165) is 21.7 Å². The Labute approximate surface area is 137 Å². The predicted molar refractivity (Wildman–Crippen MR) is 92.6 cm³/mol. The van der Waals surface area contributed by atoms with E-state index in [2.05, 4.69) is 9.97 Å². The Bertz CT molecular complexity index is 927. The summed E-state index contributed by atoms with van der Waals surface area (Å²) in [6.45, 7) is 6.34. The molecule has 0 aliphatic heterocycles. The third-order valence-corrected chi connectivity index (χ3v) is 4.79. The van der Waals surface area contributed by atoms with Crippen LogP contribution >= 0.6 is 11.3 Å². The van der Waals surface area contributed by atoms with Crippen LogP contribution < -0.4 is 10.3 Å². The number of thiophene rings is 1. The third kappa shape index (κ3) is 2.70. The third-order valence-electron chi connectivity index (χ3n) is 3.75. The lowest BCUT2D eigenvalue weighted by molar-refractivity contribution is 0.318. The van der Waals surface area contributed by atoms with E-state index in [1.165, 1.54) is 11.3 Å². The van der Waals surface area contributed by atoms with Crippen molar-refractivity contribution >= 4 is 21.6 Å². The lowest BCUT2D eigenvalue weighted by Gasteiger charge is -2.08. The molecule has 0 bridgehead atoms. The van der Waals surface area contributed by atoms with E-state index in [1.807, 2.05) is 20.8 Å². The summed E-state index contributed by atoms with van der Waals surface area (Å²) in [5, 5.41) is 10.5. The summed E-state index contributed by atoms with van der Waals surface area (Å²) in [5.74, 6) is 0.927. The first-order valence-electron chi connectivity index (χ1n) is 7.53. The molecule has 1 aromatic carbocycles. The van der Waals surface area contributed by atoms with Gasteiger partial charge in [-0.15, -0.1) is 11.3 Å². The molecule has 3 aromatic rings. The highest BCUT2D eigenvalue weighted by atomic mass is 32.1. The van der Waals surface area contributed by atoms with Gasteiger partial charge < -0.3 is 14.8 Å². The van der Waals surface area contributed by atoms with Gasteiger partial charge in [-0.2, -0.15) is 0 Å². The van der Waals surface area contributed by atoms with Gasteiger partial charge in [-0.05, 0) is 44.0 Å². The monoisotopic (exact) mass is 330 g/mol. The van der Waals surface area contributed by atoms with E-state index in [9.17, 15) is 9.90 Å². The number of hydrogen-bond acceptors (Lipinski definition) is 5. The van der Waals surface area contributed by atoms with E-state index >= 15 is 0 Å². The second-order valence-corrected chi connectivity index (χ2v) is 6.40. The van der Waals surface area contributed by atoms with Gasteiger partial charge in [-0.25, -0.2) is 4.98 Å². The number of fused-ring (bicyclic) bond motifs is 1. The Morgan fingerprint density at radius 2 is 2.13 bits per heavy atom. The predicted octanol–water partition coefficient (Wildman–Crippen LogP) is 3.63. The normalized spacial score (nSPS) is 11.1. The Kier molecular flexibility index (Phi) is 4.09. The fourth-order valence-electron chi connectivity index (χ4n) is 2.67. The molecule has 6 heteroatoms. The number of aromatic amines is 1. The molecule has 0 spiro atoms. The molecule has 0 fully saturated rings. The summed E-state index contributed by atoms with van der Waals surface area (Å²) >= 11 is 1.53. The van der Waals surface area contributed by atoms with Crippen LogP contribution in [-0.2, 0) is 6.42 Å². The van der Waals surface area contributed by atoms with Gasteiger partial charge >= 0.3 is 0 Å². The number of phenolic OH excluding ortho intramolecular Hbond substituents is 1. The second kappa shape index (κ2) is 6.04. The van der Waals surface area contributed by atoms with Crippen molar-refractivity contribution in [2.45, 2.75) is 27.2 Å². The van der Waals surface area contributed by atoms with E-state index < -0.39 is 0 Å². The minimum Gasteiger partial charge on any atom is -0.504 e. The molecular weight excluding hydrogens is 312 g/mol. The van der Waals surface area contributed by atoms with E-state index in [-0.39, 0.29) is 11.3 Å². The zero-order chi connectivity index (χ0) is 16.6. The second-order valence-electron chi connectivity index (χ2n) is 5.20.